The topological polar surface area (TPSA) is 98.5 Å². The van der Waals surface area contributed by atoms with Gasteiger partial charge in [0, 0.05) is 5.69 Å². The maximum atomic E-state index is 13.5. The van der Waals surface area contributed by atoms with Gasteiger partial charge in [-0.2, -0.15) is 13.2 Å². The van der Waals surface area contributed by atoms with Crippen LogP contribution in [0.5, 0.6) is 11.5 Å². The summed E-state index contributed by atoms with van der Waals surface area (Å²) < 4.78 is 69.3. The van der Waals surface area contributed by atoms with Gasteiger partial charge in [-0.1, -0.05) is 45.0 Å². The van der Waals surface area contributed by atoms with E-state index >= 15 is 0 Å². The molecule has 0 saturated heterocycles. The lowest BCUT2D eigenvalue weighted by molar-refractivity contribution is -0.138. The molecule has 0 spiro atoms. The summed E-state index contributed by atoms with van der Waals surface area (Å²) in [4.78, 5) is 12.8. The number of rotatable bonds is 5. The Bertz CT molecular complexity index is 1330. The highest BCUT2D eigenvalue weighted by Gasteiger charge is 2.34. The summed E-state index contributed by atoms with van der Waals surface area (Å²) in [5.74, 6) is -1.23. The molecule has 0 radical (unpaired) electrons. The molecule has 10 heteroatoms. The Hall–Kier alpha value is -3.37. The predicted molar refractivity (Wildman–Crippen MR) is 122 cm³/mol. The number of hydrogen-bond donors (Lipinski definition) is 2. The van der Waals surface area contributed by atoms with Crippen LogP contribution in [0.15, 0.2) is 71.6 Å². The number of alkyl halides is 3. The zero-order valence-electron chi connectivity index (χ0n) is 18.6. The van der Waals surface area contributed by atoms with E-state index in [9.17, 15) is 26.4 Å². The molecule has 0 saturated carbocycles. The molecule has 0 atom stereocenters. The number of nitrogens with two attached hydrogens (primary N) is 1. The number of primary sulfonamides is 1. The Morgan fingerprint density at radius 1 is 0.912 bits per heavy atom. The van der Waals surface area contributed by atoms with Crippen molar-refractivity contribution in [3.8, 4) is 11.5 Å². The van der Waals surface area contributed by atoms with E-state index < -0.39 is 33.4 Å². The van der Waals surface area contributed by atoms with Crippen molar-refractivity contribution in [3.05, 3.63) is 83.4 Å². The first-order chi connectivity index (χ1) is 15.7. The summed E-state index contributed by atoms with van der Waals surface area (Å²) in [6.45, 7) is 5.73. The molecular weight excluding hydrogens is 469 g/mol. The number of ether oxygens (including phenoxy) is 1. The fraction of sp³-hybridized carbons (Fsp3) is 0.208. The van der Waals surface area contributed by atoms with E-state index in [2.05, 4.69) is 5.32 Å². The van der Waals surface area contributed by atoms with Crippen LogP contribution in [-0.4, -0.2) is 14.3 Å². The van der Waals surface area contributed by atoms with E-state index in [1.165, 1.54) is 54.6 Å². The Kier molecular flexibility index (Phi) is 6.77. The van der Waals surface area contributed by atoms with E-state index in [1.807, 2.05) is 20.8 Å². The van der Waals surface area contributed by atoms with Gasteiger partial charge in [-0.3, -0.25) is 4.79 Å². The molecule has 6 nitrogen and oxygen atoms in total. The Morgan fingerprint density at radius 3 is 2.21 bits per heavy atom. The van der Waals surface area contributed by atoms with E-state index in [-0.39, 0.29) is 27.3 Å². The number of nitrogens with one attached hydrogen (secondary N) is 1. The minimum atomic E-state index is -4.66. The van der Waals surface area contributed by atoms with Gasteiger partial charge in [-0.15, -0.1) is 0 Å². The highest BCUT2D eigenvalue weighted by molar-refractivity contribution is 7.89. The van der Waals surface area contributed by atoms with Crippen LogP contribution in [0.2, 0.25) is 0 Å². The second kappa shape index (κ2) is 9.11. The largest absolute Gasteiger partial charge is 0.456 e. The number of hydrogen-bond acceptors (Lipinski definition) is 4. The zero-order chi connectivity index (χ0) is 25.3. The summed E-state index contributed by atoms with van der Waals surface area (Å²) in [6, 6.07) is 14.6. The van der Waals surface area contributed by atoms with Crippen molar-refractivity contribution in [3.63, 3.8) is 0 Å². The molecule has 0 heterocycles. The lowest BCUT2D eigenvalue weighted by Crippen LogP contribution is -2.17. The molecule has 180 valence electrons. The molecule has 0 aliphatic carbocycles. The first-order valence-corrected chi connectivity index (χ1v) is 11.6. The minimum Gasteiger partial charge on any atom is -0.456 e. The Balaban J connectivity index is 2.04. The number of sulfonamides is 1. The van der Waals surface area contributed by atoms with Crippen molar-refractivity contribution in [2.75, 3.05) is 5.32 Å². The molecule has 0 unspecified atom stereocenters. The molecule has 34 heavy (non-hydrogen) atoms. The highest BCUT2D eigenvalue weighted by Crippen LogP contribution is 2.39. The van der Waals surface area contributed by atoms with Gasteiger partial charge in [0.25, 0.3) is 5.91 Å². The van der Waals surface area contributed by atoms with Gasteiger partial charge in [-0.25, -0.2) is 13.6 Å². The van der Waals surface area contributed by atoms with Gasteiger partial charge in [0.05, 0.1) is 16.0 Å². The van der Waals surface area contributed by atoms with E-state index in [0.717, 1.165) is 11.6 Å². The van der Waals surface area contributed by atoms with Crippen molar-refractivity contribution >= 4 is 21.6 Å². The lowest BCUT2D eigenvalue weighted by Gasteiger charge is -2.22. The molecular formula is C24H23F3N2O4S. The third kappa shape index (κ3) is 5.95. The quantitative estimate of drug-likeness (QED) is 0.478. The van der Waals surface area contributed by atoms with Crippen molar-refractivity contribution in [1.29, 1.82) is 0 Å². The monoisotopic (exact) mass is 492 g/mol. The predicted octanol–water partition coefficient (Wildman–Crippen LogP) is 5.69. The fourth-order valence-corrected chi connectivity index (χ4v) is 3.68. The number of para-hydroxylation sites is 1. The van der Waals surface area contributed by atoms with Crippen LogP contribution < -0.4 is 15.2 Å². The van der Waals surface area contributed by atoms with Crippen LogP contribution in [0.4, 0.5) is 18.9 Å². The van der Waals surface area contributed by atoms with Crippen LogP contribution >= 0.6 is 0 Å². The summed E-state index contributed by atoms with van der Waals surface area (Å²) >= 11 is 0. The molecule has 0 aromatic heterocycles. The number of carbonyl (C=O) groups excluding carboxylic acids is 1. The second-order valence-electron chi connectivity index (χ2n) is 8.58. The smallest absolute Gasteiger partial charge is 0.419 e. The first-order valence-electron chi connectivity index (χ1n) is 10.1. The average Bonchev–Trinajstić information content (AvgIpc) is 2.72. The fourth-order valence-electron chi connectivity index (χ4n) is 3.12. The number of benzene rings is 3. The zero-order valence-corrected chi connectivity index (χ0v) is 19.4. The van der Waals surface area contributed by atoms with Gasteiger partial charge >= 0.3 is 6.18 Å². The SMILES string of the molecule is CC(C)(C)c1ccc(C(=O)Nc2cccc(S(N)(=O)=O)c2)c(Oc2ccccc2C(F)(F)F)c1. The lowest BCUT2D eigenvalue weighted by atomic mass is 9.86. The minimum absolute atomic E-state index is 0.0361. The molecule has 3 N–H and O–H groups in total. The molecule has 1 amide bonds. The molecule has 0 aliphatic rings. The van der Waals surface area contributed by atoms with Gasteiger partial charge in [0.1, 0.15) is 11.5 Å². The molecule has 3 aromatic carbocycles. The maximum absolute atomic E-state index is 13.5. The van der Waals surface area contributed by atoms with Gasteiger partial charge in [0.15, 0.2) is 0 Å². The summed E-state index contributed by atoms with van der Waals surface area (Å²) in [5.41, 5.74) is -0.521. The first kappa shape index (κ1) is 25.3. The Morgan fingerprint density at radius 2 is 1.59 bits per heavy atom. The molecule has 3 aromatic rings. The molecule has 0 aliphatic heterocycles. The average molecular weight is 493 g/mol. The third-order valence-electron chi connectivity index (χ3n) is 4.93. The standard InChI is InChI=1S/C24H23F3N2O4S/c1-23(2,3)15-11-12-18(22(30)29-16-7-6-8-17(14-16)34(28,31)32)21(13-15)33-20-10-5-4-9-19(20)24(25,26)27/h4-14H,1-3H3,(H,29,30)(H2,28,31,32). The summed E-state index contributed by atoms with van der Waals surface area (Å²) in [7, 11) is -4.00. The van der Waals surface area contributed by atoms with Crippen LogP contribution in [-0.2, 0) is 21.6 Å². The summed E-state index contributed by atoms with van der Waals surface area (Å²) in [5, 5.41) is 7.67. The normalized spacial score (nSPS) is 12.3. The second-order valence-corrected chi connectivity index (χ2v) is 10.1. The number of anilines is 1. The van der Waals surface area contributed by atoms with Crippen LogP contribution in [0.25, 0.3) is 0 Å². The van der Waals surface area contributed by atoms with E-state index in [1.54, 1.807) is 6.07 Å². The molecule has 3 rings (SSSR count). The van der Waals surface area contributed by atoms with E-state index in [0.29, 0.717) is 0 Å². The van der Waals surface area contributed by atoms with Crippen molar-refractivity contribution < 1.29 is 31.1 Å². The summed E-state index contributed by atoms with van der Waals surface area (Å²) in [6.07, 6.45) is -4.66. The van der Waals surface area contributed by atoms with Gasteiger partial charge < -0.3 is 10.1 Å². The Labute approximate surface area is 195 Å². The van der Waals surface area contributed by atoms with E-state index in [4.69, 9.17) is 9.88 Å². The van der Waals surface area contributed by atoms with Gasteiger partial charge in [0.2, 0.25) is 10.0 Å². The van der Waals surface area contributed by atoms with Crippen LogP contribution in [0.3, 0.4) is 0 Å². The van der Waals surface area contributed by atoms with Crippen molar-refractivity contribution in [1.82, 2.24) is 0 Å². The van der Waals surface area contributed by atoms with Gasteiger partial charge in [-0.05, 0) is 53.4 Å². The maximum Gasteiger partial charge on any atom is 0.419 e. The van der Waals surface area contributed by atoms with Crippen LogP contribution in [0, 0.1) is 0 Å². The molecule has 0 fully saturated rings. The highest BCUT2D eigenvalue weighted by atomic mass is 32.2. The van der Waals surface area contributed by atoms with Crippen molar-refractivity contribution in [2.24, 2.45) is 5.14 Å². The third-order valence-corrected chi connectivity index (χ3v) is 5.84. The number of halogens is 3. The number of amides is 1. The van der Waals surface area contributed by atoms with Crippen molar-refractivity contribution in [2.45, 2.75) is 37.3 Å². The van der Waals surface area contributed by atoms with Crippen LogP contribution in [0.1, 0.15) is 42.3 Å². The number of carbonyl (C=O) groups is 1. The molecule has 0 bridgehead atoms.